The normalized spacial score (nSPS) is 16.4. The zero-order valence-corrected chi connectivity index (χ0v) is 15.4. The van der Waals surface area contributed by atoms with E-state index in [1.54, 1.807) is 7.11 Å². The molecule has 5 heteroatoms. The van der Waals surface area contributed by atoms with Gasteiger partial charge in [-0.3, -0.25) is 9.69 Å². The second kappa shape index (κ2) is 9.04. The Kier molecular flexibility index (Phi) is 7.06. The highest BCUT2D eigenvalue weighted by Crippen LogP contribution is 2.26. The summed E-state index contributed by atoms with van der Waals surface area (Å²) in [5.41, 5.74) is 2.40. The predicted molar refractivity (Wildman–Crippen MR) is 97.2 cm³/mol. The largest absolute Gasteiger partial charge is 0.496 e. The molecule has 0 aliphatic carbocycles. The van der Waals surface area contributed by atoms with Crippen molar-refractivity contribution in [2.75, 3.05) is 26.7 Å². The van der Waals surface area contributed by atoms with Gasteiger partial charge in [0, 0.05) is 24.2 Å². The van der Waals surface area contributed by atoms with Gasteiger partial charge in [0.2, 0.25) is 5.91 Å². The molecule has 1 aromatic carbocycles. The summed E-state index contributed by atoms with van der Waals surface area (Å²) < 4.78 is 5.52. The SMILES string of the molecule is COc1ccc(C(C)NCC(=O)NC(C)C)cc1CN1CCCC1. The third-order valence-electron chi connectivity index (χ3n) is 4.42. The Labute approximate surface area is 145 Å². The number of nitrogens with one attached hydrogen (secondary N) is 2. The first-order valence-electron chi connectivity index (χ1n) is 8.91. The number of carbonyl (C=O) groups excluding carboxylic acids is 1. The van der Waals surface area contributed by atoms with E-state index in [1.807, 2.05) is 19.9 Å². The number of carbonyl (C=O) groups is 1. The van der Waals surface area contributed by atoms with E-state index in [1.165, 1.54) is 24.0 Å². The zero-order chi connectivity index (χ0) is 17.5. The molecule has 1 aromatic rings. The number of amides is 1. The van der Waals surface area contributed by atoms with Gasteiger partial charge in [-0.2, -0.15) is 0 Å². The third kappa shape index (κ3) is 5.49. The van der Waals surface area contributed by atoms with Gasteiger partial charge in [-0.15, -0.1) is 0 Å². The van der Waals surface area contributed by atoms with E-state index >= 15 is 0 Å². The van der Waals surface area contributed by atoms with Crippen molar-refractivity contribution < 1.29 is 9.53 Å². The molecule has 1 atom stereocenters. The second-order valence-electron chi connectivity index (χ2n) is 6.88. The molecule has 0 aromatic heterocycles. The smallest absolute Gasteiger partial charge is 0.234 e. The topological polar surface area (TPSA) is 53.6 Å². The highest BCUT2D eigenvalue weighted by Gasteiger charge is 2.16. The Morgan fingerprint density at radius 3 is 2.58 bits per heavy atom. The fourth-order valence-corrected chi connectivity index (χ4v) is 3.11. The Morgan fingerprint density at radius 1 is 1.25 bits per heavy atom. The van der Waals surface area contributed by atoms with Crippen LogP contribution in [0, 0.1) is 0 Å². The molecule has 0 radical (unpaired) electrons. The van der Waals surface area contributed by atoms with Gasteiger partial charge in [0.05, 0.1) is 13.7 Å². The molecule has 1 saturated heterocycles. The molecule has 1 aliphatic heterocycles. The van der Waals surface area contributed by atoms with Crippen molar-refractivity contribution in [1.29, 1.82) is 0 Å². The minimum atomic E-state index is 0.0302. The van der Waals surface area contributed by atoms with Crippen LogP contribution in [0.2, 0.25) is 0 Å². The summed E-state index contributed by atoms with van der Waals surface area (Å²) in [4.78, 5) is 14.3. The van der Waals surface area contributed by atoms with E-state index in [0.717, 1.165) is 25.4 Å². The van der Waals surface area contributed by atoms with E-state index < -0.39 is 0 Å². The maximum Gasteiger partial charge on any atom is 0.234 e. The lowest BCUT2D eigenvalue weighted by molar-refractivity contribution is -0.120. The summed E-state index contributed by atoms with van der Waals surface area (Å²) in [5.74, 6) is 0.970. The first-order valence-corrected chi connectivity index (χ1v) is 8.91. The molecule has 2 rings (SSSR count). The lowest BCUT2D eigenvalue weighted by Crippen LogP contribution is -2.38. The van der Waals surface area contributed by atoms with Crippen LogP contribution in [0.25, 0.3) is 0 Å². The van der Waals surface area contributed by atoms with Gasteiger partial charge in [0.1, 0.15) is 5.75 Å². The molecule has 1 heterocycles. The number of methoxy groups -OCH3 is 1. The summed E-state index contributed by atoms with van der Waals surface area (Å²) in [6.07, 6.45) is 2.57. The van der Waals surface area contributed by atoms with Crippen molar-refractivity contribution in [3.8, 4) is 5.75 Å². The number of nitrogens with zero attached hydrogens (tertiary/aromatic N) is 1. The van der Waals surface area contributed by atoms with Gasteiger partial charge in [0.25, 0.3) is 0 Å². The van der Waals surface area contributed by atoms with Crippen LogP contribution in [-0.4, -0.2) is 43.6 Å². The quantitative estimate of drug-likeness (QED) is 0.767. The first kappa shape index (κ1) is 18.7. The van der Waals surface area contributed by atoms with Crippen LogP contribution < -0.4 is 15.4 Å². The van der Waals surface area contributed by atoms with Gasteiger partial charge in [-0.1, -0.05) is 6.07 Å². The van der Waals surface area contributed by atoms with E-state index in [-0.39, 0.29) is 18.0 Å². The molecule has 1 amide bonds. The average molecular weight is 333 g/mol. The average Bonchev–Trinajstić information content (AvgIpc) is 3.05. The molecule has 0 bridgehead atoms. The molecule has 1 fully saturated rings. The maximum absolute atomic E-state index is 11.8. The molecule has 0 saturated carbocycles. The minimum Gasteiger partial charge on any atom is -0.496 e. The predicted octanol–water partition coefficient (Wildman–Crippen LogP) is 2.47. The summed E-state index contributed by atoms with van der Waals surface area (Å²) >= 11 is 0. The highest BCUT2D eigenvalue weighted by molar-refractivity contribution is 5.78. The molecule has 1 aliphatic rings. The van der Waals surface area contributed by atoms with Gasteiger partial charge >= 0.3 is 0 Å². The zero-order valence-electron chi connectivity index (χ0n) is 15.4. The number of hydrogen-bond acceptors (Lipinski definition) is 4. The van der Waals surface area contributed by atoms with Crippen LogP contribution in [0.1, 0.15) is 50.8 Å². The summed E-state index contributed by atoms with van der Waals surface area (Å²) in [6, 6.07) is 6.60. The number of hydrogen-bond donors (Lipinski definition) is 2. The van der Waals surface area contributed by atoms with E-state index in [0.29, 0.717) is 6.54 Å². The summed E-state index contributed by atoms with van der Waals surface area (Å²) in [7, 11) is 1.72. The summed E-state index contributed by atoms with van der Waals surface area (Å²) in [5, 5.41) is 6.20. The Hall–Kier alpha value is -1.59. The van der Waals surface area contributed by atoms with Crippen LogP contribution in [0.5, 0.6) is 5.75 Å². The molecular weight excluding hydrogens is 302 g/mol. The van der Waals surface area contributed by atoms with E-state index in [9.17, 15) is 4.79 Å². The van der Waals surface area contributed by atoms with E-state index in [2.05, 4.69) is 34.6 Å². The van der Waals surface area contributed by atoms with Gasteiger partial charge in [-0.05, 0) is 64.4 Å². The number of benzene rings is 1. The van der Waals surface area contributed by atoms with Crippen molar-refractivity contribution in [2.45, 2.75) is 52.2 Å². The highest BCUT2D eigenvalue weighted by atomic mass is 16.5. The van der Waals surface area contributed by atoms with Crippen molar-refractivity contribution in [2.24, 2.45) is 0 Å². The fraction of sp³-hybridized carbons (Fsp3) is 0.632. The molecule has 5 nitrogen and oxygen atoms in total. The van der Waals surface area contributed by atoms with Crippen LogP contribution in [0.3, 0.4) is 0 Å². The van der Waals surface area contributed by atoms with Crippen LogP contribution in [0.15, 0.2) is 18.2 Å². The van der Waals surface area contributed by atoms with Crippen molar-refractivity contribution in [3.05, 3.63) is 29.3 Å². The Morgan fingerprint density at radius 2 is 1.96 bits per heavy atom. The second-order valence-corrected chi connectivity index (χ2v) is 6.88. The number of likely N-dealkylation sites (tertiary alicyclic amines) is 1. The number of ether oxygens (including phenoxy) is 1. The standard InChI is InChI=1S/C19H31N3O2/c1-14(2)21-19(23)12-20-15(3)16-7-8-18(24-4)17(11-16)13-22-9-5-6-10-22/h7-8,11,14-15,20H,5-6,9-10,12-13H2,1-4H3,(H,21,23). The van der Waals surface area contributed by atoms with E-state index in [4.69, 9.17) is 4.74 Å². The molecule has 134 valence electrons. The molecule has 2 N–H and O–H groups in total. The molecule has 0 spiro atoms. The van der Waals surface area contributed by atoms with Crippen LogP contribution >= 0.6 is 0 Å². The molecular formula is C19H31N3O2. The van der Waals surface area contributed by atoms with Crippen molar-refractivity contribution in [3.63, 3.8) is 0 Å². The van der Waals surface area contributed by atoms with Gasteiger partial charge in [0.15, 0.2) is 0 Å². The maximum atomic E-state index is 11.8. The van der Waals surface area contributed by atoms with Crippen LogP contribution in [0.4, 0.5) is 0 Å². The first-order chi connectivity index (χ1) is 11.5. The lowest BCUT2D eigenvalue weighted by atomic mass is 10.0. The monoisotopic (exact) mass is 333 g/mol. The Balaban J connectivity index is 1.99. The lowest BCUT2D eigenvalue weighted by Gasteiger charge is -2.20. The number of rotatable bonds is 8. The van der Waals surface area contributed by atoms with Crippen molar-refractivity contribution in [1.82, 2.24) is 15.5 Å². The fourth-order valence-electron chi connectivity index (χ4n) is 3.11. The van der Waals surface area contributed by atoms with Crippen molar-refractivity contribution >= 4 is 5.91 Å². The molecule has 1 unspecified atom stereocenters. The van der Waals surface area contributed by atoms with Crippen LogP contribution in [-0.2, 0) is 11.3 Å². The Bertz CT molecular complexity index is 539. The third-order valence-corrected chi connectivity index (χ3v) is 4.42. The van der Waals surface area contributed by atoms with Gasteiger partial charge < -0.3 is 15.4 Å². The molecule has 24 heavy (non-hydrogen) atoms. The summed E-state index contributed by atoms with van der Waals surface area (Å²) in [6.45, 7) is 9.60. The van der Waals surface area contributed by atoms with Gasteiger partial charge in [-0.25, -0.2) is 0 Å². The minimum absolute atomic E-state index is 0.0302.